The lowest BCUT2D eigenvalue weighted by Crippen LogP contribution is -2.51. The highest BCUT2D eigenvalue weighted by molar-refractivity contribution is 5.94. The molecule has 1 aliphatic rings. The zero-order valence-electron chi connectivity index (χ0n) is 12.7. The van der Waals surface area contributed by atoms with E-state index in [1.807, 2.05) is 13.8 Å². The summed E-state index contributed by atoms with van der Waals surface area (Å²) in [7, 11) is 0. The Labute approximate surface area is 124 Å². The quantitative estimate of drug-likeness (QED) is 0.837. The van der Waals surface area contributed by atoms with Crippen molar-refractivity contribution in [2.75, 3.05) is 26.2 Å². The standard InChI is InChI=1S/C16H21FN2O2/c1-11(2)15(20)18-6-8-19(9-7-18)16(21)13-4-5-14(17)12(3)10-13/h4-5,10-11H,6-9H2,1-3H3. The molecule has 0 spiro atoms. The van der Waals surface area contributed by atoms with E-state index in [9.17, 15) is 14.0 Å². The summed E-state index contributed by atoms with van der Waals surface area (Å²) in [5.41, 5.74) is 0.965. The second kappa shape index (κ2) is 6.24. The fourth-order valence-electron chi connectivity index (χ4n) is 2.46. The van der Waals surface area contributed by atoms with Crippen molar-refractivity contribution in [3.05, 3.63) is 35.1 Å². The van der Waals surface area contributed by atoms with Gasteiger partial charge in [0.1, 0.15) is 5.82 Å². The van der Waals surface area contributed by atoms with Gasteiger partial charge in [0.25, 0.3) is 5.91 Å². The van der Waals surface area contributed by atoms with Crippen LogP contribution in [-0.2, 0) is 4.79 Å². The maximum atomic E-state index is 13.3. The highest BCUT2D eigenvalue weighted by atomic mass is 19.1. The monoisotopic (exact) mass is 292 g/mol. The van der Waals surface area contributed by atoms with Gasteiger partial charge in [-0.3, -0.25) is 9.59 Å². The second-order valence-corrected chi connectivity index (χ2v) is 5.74. The normalized spacial score (nSPS) is 15.5. The molecule has 2 rings (SSSR count). The van der Waals surface area contributed by atoms with Gasteiger partial charge in [0.15, 0.2) is 0 Å². The van der Waals surface area contributed by atoms with E-state index in [0.29, 0.717) is 37.3 Å². The Balaban J connectivity index is 2.00. The smallest absolute Gasteiger partial charge is 0.253 e. The van der Waals surface area contributed by atoms with Crippen LogP contribution in [0, 0.1) is 18.7 Å². The second-order valence-electron chi connectivity index (χ2n) is 5.74. The topological polar surface area (TPSA) is 40.6 Å². The molecule has 1 aliphatic heterocycles. The van der Waals surface area contributed by atoms with Gasteiger partial charge < -0.3 is 9.80 Å². The maximum absolute atomic E-state index is 13.3. The largest absolute Gasteiger partial charge is 0.339 e. The first kappa shape index (κ1) is 15.5. The molecule has 114 valence electrons. The first-order valence-electron chi connectivity index (χ1n) is 7.24. The molecule has 5 heteroatoms. The fourth-order valence-corrected chi connectivity index (χ4v) is 2.46. The predicted octanol–water partition coefficient (Wildman–Crippen LogP) is 2.07. The molecule has 0 bridgehead atoms. The van der Waals surface area contributed by atoms with Gasteiger partial charge >= 0.3 is 0 Å². The SMILES string of the molecule is Cc1cc(C(=O)N2CCN(C(=O)C(C)C)CC2)ccc1F. The minimum Gasteiger partial charge on any atom is -0.339 e. The van der Waals surface area contributed by atoms with Crippen LogP contribution in [0.3, 0.4) is 0 Å². The third-order valence-corrected chi connectivity index (χ3v) is 3.78. The van der Waals surface area contributed by atoms with Crippen LogP contribution in [0.2, 0.25) is 0 Å². The number of rotatable bonds is 2. The Morgan fingerprint density at radius 3 is 2.19 bits per heavy atom. The van der Waals surface area contributed by atoms with E-state index in [2.05, 4.69) is 0 Å². The summed E-state index contributed by atoms with van der Waals surface area (Å²) < 4.78 is 13.3. The number of benzene rings is 1. The van der Waals surface area contributed by atoms with E-state index < -0.39 is 0 Å². The van der Waals surface area contributed by atoms with E-state index in [1.165, 1.54) is 12.1 Å². The van der Waals surface area contributed by atoms with Crippen molar-refractivity contribution in [2.45, 2.75) is 20.8 Å². The number of carbonyl (C=O) groups is 2. The Bertz CT molecular complexity index is 549. The lowest BCUT2D eigenvalue weighted by atomic mass is 10.1. The van der Waals surface area contributed by atoms with Crippen LogP contribution in [0.15, 0.2) is 18.2 Å². The molecular weight excluding hydrogens is 271 g/mol. The number of amides is 2. The van der Waals surface area contributed by atoms with Crippen molar-refractivity contribution >= 4 is 11.8 Å². The fraction of sp³-hybridized carbons (Fsp3) is 0.500. The summed E-state index contributed by atoms with van der Waals surface area (Å²) in [5, 5.41) is 0. The molecule has 0 N–H and O–H groups in total. The Hall–Kier alpha value is -1.91. The van der Waals surface area contributed by atoms with Crippen molar-refractivity contribution in [1.82, 2.24) is 9.80 Å². The molecule has 0 atom stereocenters. The molecule has 1 heterocycles. The molecule has 0 unspecified atom stereocenters. The van der Waals surface area contributed by atoms with Crippen molar-refractivity contribution in [3.63, 3.8) is 0 Å². The summed E-state index contributed by atoms with van der Waals surface area (Å²) >= 11 is 0. The van der Waals surface area contributed by atoms with E-state index in [-0.39, 0.29) is 23.5 Å². The Morgan fingerprint density at radius 1 is 1.10 bits per heavy atom. The summed E-state index contributed by atoms with van der Waals surface area (Å²) in [6, 6.07) is 4.40. The van der Waals surface area contributed by atoms with Gasteiger partial charge in [-0.05, 0) is 30.7 Å². The van der Waals surface area contributed by atoms with Gasteiger partial charge in [-0.25, -0.2) is 4.39 Å². The minimum absolute atomic E-state index is 0.0213. The van der Waals surface area contributed by atoms with Crippen LogP contribution < -0.4 is 0 Å². The third-order valence-electron chi connectivity index (χ3n) is 3.78. The summed E-state index contributed by atoms with van der Waals surface area (Å²) in [5.74, 6) is -0.305. The average Bonchev–Trinajstić information content (AvgIpc) is 2.48. The van der Waals surface area contributed by atoms with Crippen LogP contribution in [0.1, 0.15) is 29.8 Å². The molecule has 0 aliphatic carbocycles. The first-order valence-corrected chi connectivity index (χ1v) is 7.24. The zero-order valence-corrected chi connectivity index (χ0v) is 12.7. The van der Waals surface area contributed by atoms with Gasteiger partial charge in [0.05, 0.1) is 0 Å². The number of hydrogen-bond donors (Lipinski definition) is 0. The highest BCUT2D eigenvalue weighted by Gasteiger charge is 2.26. The lowest BCUT2D eigenvalue weighted by molar-refractivity contribution is -0.135. The Morgan fingerprint density at radius 2 is 1.67 bits per heavy atom. The molecule has 1 aromatic rings. The van der Waals surface area contributed by atoms with Crippen LogP contribution in [0.25, 0.3) is 0 Å². The average molecular weight is 292 g/mol. The molecule has 2 amide bonds. The van der Waals surface area contributed by atoms with Crippen LogP contribution in [-0.4, -0.2) is 47.8 Å². The molecule has 1 fully saturated rings. The van der Waals surface area contributed by atoms with Crippen molar-refractivity contribution in [1.29, 1.82) is 0 Å². The number of carbonyl (C=O) groups excluding carboxylic acids is 2. The van der Waals surface area contributed by atoms with Crippen LogP contribution in [0.4, 0.5) is 4.39 Å². The van der Waals surface area contributed by atoms with E-state index in [0.717, 1.165) is 0 Å². The van der Waals surface area contributed by atoms with E-state index in [1.54, 1.807) is 22.8 Å². The molecule has 1 saturated heterocycles. The molecule has 0 saturated carbocycles. The number of halogens is 1. The molecule has 0 aromatic heterocycles. The van der Waals surface area contributed by atoms with E-state index >= 15 is 0 Å². The molecule has 1 aromatic carbocycles. The zero-order chi connectivity index (χ0) is 15.6. The van der Waals surface area contributed by atoms with Gasteiger partial charge in [-0.2, -0.15) is 0 Å². The summed E-state index contributed by atoms with van der Waals surface area (Å²) in [6.07, 6.45) is 0. The van der Waals surface area contributed by atoms with Gasteiger partial charge in [-0.15, -0.1) is 0 Å². The molecule has 21 heavy (non-hydrogen) atoms. The number of nitrogens with zero attached hydrogens (tertiary/aromatic N) is 2. The number of aryl methyl sites for hydroxylation is 1. The van der Waals surface area contributed by atoms with Gasteiger partial charge in [0.2, 0.25) is 5.91 Å². The third kappa shape index (κ3) is 3.40. The number of hydrogen-bond acceptors (Lipinski definition) is 2. The highest BCUT2D eigenvalue weighted by Crippen LogP contribution is 2.14. The Kier molecular flexibility index (Phi) is 4.60. The lowest BCUT2D eigenvalue weighted by Gasteiger charge is -2.35. The van der Waals surface area contributed by atoms with Crippen LogP contribution >= 0.6 is 0 Å². The molecular formula is C16H21FN2O2. The molecule has 0 radical (unpaired) electrons. The predicted molar refractivity (Wildman–Crippen MR) is 78.5 cm³/mol. The first-order chi connectivity index (χ1) is 9.90. The maximum Gasteiger partial charge on any atom is 0.253 e. The van der Waals surface area contributed by atoms with Crippen LogP contribution in [0.5, 0.6) is 0 Å². The van der Waals surface area contributed by atoms with Crippen molar-refractivity contribution in [2.24, 2.45) is 5.92 Å². The van der Waals surface area contributed by atoms with Gasteiger partial charge in [0, 0.05) is 37.7 Å². The summed E-state index contributed by atoms with van der Waals surface area (Å²) in [6.45, 7) is 7.56. The minimum atomic E-state index is -0.307. The van der Waals surface area contributed by atoms with E-state index in [4.69, 9.17) is 0 Å². The molecule has 4 nitrogen and oxygen atoms in total. The van der Waals surface area contributed by atoms with Gasteiger partial charge in [-0.1, -0.05) is 13.8 Å². The number of piperazine rings is 1. The van der Waals surface area contributed by atoms with Crippen molar-refractivity contribution in [3.8, 4) is 0 Å². The van der Waals surface area contributed by atoms with Crippen molar-refractivity contribution < 1.29 is 14.0 Å². The summed E-state index contributed by atoms with van der Waals surface area (Å²) in [4.78, 5) is 27.8.